The second-order valence-corrected chi connectivity index (χ2v) is 3.66. The van der Waals surface area contributed by atoms with Crippen LogP contribution in [-0.2, 0) is 4.74 Å². The number of hydrogen-bond donors (Lipinski definition) is 2. The lowest BCUT2D eigenvalue weighted by Gasteiger charge is -2.16. The van der Waals surface area contributed by atoms with Gasteiger partial charge in [-0.25, -0.2) is 0 Å². The molecule has 0 fully saturated rings. The first-order valence-corrected chi connectivity index (χ1v) is 5.33. The predicted molar refractivity (Wildman–Crippen MR) is 60.9 cm³/mol. The van der Waals surface area contributed by atoms with E-state index in [2.05, 4.69) is 0 Å². The van der Waals surface area contributed by atoms with E-state index in [1.807, 2.05) is 24.3 Å². The minimum Gasteiger partial charge on any atom is -0.396 e. The molecular formula is C11H16ClNO2. The molecule has 0 amide bonds. The van der Waals surface area contributed by atoms with E-state index < -0.39 is 0 Å². The number of hydrogen-bond acceptors (Lipinski definition) is 3. The molecule has 1 rings (SSSR count). The van der Waals surface area contributed by atoms with Crippen LogP contribution in [0.3, 0.4) is 0 Å². The van der Waals surface area contributed by atoms with Crippen molar-refractivity contribution in [3.8, 4) is 0 Å². The molecule has 15 heavy (non-hydrogen) atoms. The third kappa shape index (κ3) is 4.18. The van der Waals surface area contributed by atoms with Gasteiger partial charge in [0.15, 0.2) is 0 Å². The Morgan fingerprint density at radius 2 is 2.00 bits per heavy atom. The zero-order valence-corrected chi connectivity index (χ0v) is 9.28. The smallest absolute Gasteiger partial charge is 0.0947 e. The van der Waals surface area contributed by atoms with Crippen LogP contribution in [0.2, 0.25) is 5.02 Å². The van der Waals surface area contributed by atoms with Crippen molar-refractivity contribution in [2.45, 2.75) is 12.5 Å². The summed E-state index contributed by atoms with van der Waals surface area (Å²) in [7, 11) is 0. The van der Waals surface area contributed by atoms with Gasteiger partial charge >= 0.3 is 0 Å². The molecule has 3 N–H and O–H groups in total. The molecular weight excluding hydrogens is 214 g/mol. The van der Waals surface area contributed by atoms with Crippen LogP contribution in [-0.4, -0.2) is 24.9 Å². The van der Waals surface area contributed by atoms with Gasteiger partial charge in [-0.05, 0) is 24.1 Å². The second-order valence-electron chi connectivity index (χ2n) is 3.22. The molecule has 0 aromatic heterocycles. The van der Waals surface area contributed by atoms with Gasteiger partial charge in [-0.15, -0.1) is 0 Å². The van der Waals surface area contributed by atoms with Crippen molar-refractivity contribution in [3.05, 3.63) is 34.9 Å². The van der Waals surface area contributed by atoms with Gasteiger partial charge in [0, 0.05) is 24.8 Å². The summed E-state index contributed by atoms with van der Waals surface area (Å²) in [6.07, 6.45) is 0.512. The normalized spacial score (nSPS) is 12.7. The van der Waals surface area contributed by atoms with Crippen molar-refractivity contribution >= 4 is 11.6 Å². The highest BCUT2D eigenvalue weighted by atomic mass is 35.5. The lowest BCUT2D eigenvalue weighted by molar-refractivity contribution is 0.0489. The fourth-order valence-electron chi connectivity index (χ4n) is 1.27. The average molecular weight is 230 g/mol. The minimum atomic E-state index is -0.117. The maximum Gasteiger partial charge on any atom is 0.0947 e. The quantitative estimate of drug-likeness (QED) is 0.731. The molecule has 4 heteroatoms. The Balaban J connectivity index is 2.53. The van der Waals surface area contributed by atoms with Crippen LogP contribution < -0.4 is 5.73 Å². The molecule has 84 valence electrons. The van der Waals surface area contributed by atoms with Crippen molar-refractivity contribution < 1.29 is 9.84 Å². The van der Waals surface area contributed by atoms with Crippen LogP contribution in [0.25, 0.3) is 0 Å². The third-order valence-corrected chi connectivity index (χ3v) is 2.33. The fourth-order valence-corrected chi connectivity index (χ4v) is 1.39. The summed E-state index contributed by atoms with van der Waals surface area (Å²) in [5.41, 5.74) is 6.62. The van der Waals surface area contributed by atoms with Gasteiger partial charge < -0.3 is 15.6 Å². The zero-order valence-electron chi connectivity index (χ0n) is 8.53. The number of ether oxygens (including phenoxy) is 1. The molecule has 3 nitrogen and oxygen atoms in total. The van der Waals surface area contributed by atoms with Gasteiger partial charge in [0.2, 0.25) is 0 Å². The third-order valence-electron chi connectivity index (χ3n) is 2.08. The zero-order chi connectivity index (χ0) is 11.1. The van der Waals surface area contributed by atoms with Gasteiger partial charge in [0.05, 0.1) is 6.10 Å². The van der Waals surface area contributed by atoms with Crippen molar-refractivity contribution in [1.82, 2.24) is 0 Å². The molecule has 1 unspecified atom stereocenters. The van der Waals surface area contributed by atoms with E-state index in [4.69, 9.17) is 27.2 Å². The number of benzene rings is 1. The van der Waals surface area contributed by atoms with Gasteiger partial charge in [-0.1, -0.05) is 23.7 Å². The summed E-state index contributed by atoms with van der Waals surface area (Å²) in [5, 5.41) is 9.33. The molecule has 1 aromatic carbocycles. The summed E-state index contributed by atoms with van der Waals surface area (Å²) >= 11 is 5.78. The van der Waals surface area contributed by atoms with E-state index in [1.165, 1.54) is 0 Å². The molecule has 0 aliphatic heterocycles. The maximum atomic E-state index is 8.63. The molecule has 0 radical (unpaired) electrons. The number of rotatable bonds is 6. The Hall–Kier alpha value is -0.610. The molecule has 0 spiro atoms. The molecule has 0 saturated heterocycles. The lowest BCUT2D eigenvalue weighted by atomic mass is 10.1. The average Bonchev–Trinajstić information content (AvgIpc) is 2.26. The van der Waals surface area contributed by atoms with Crippen LogP contribution in [0.1, 0.15) is 18.1 Å². The monoisotopic (exact) mass is 229 g/mol. The first-order chi connectivity index (χ1) is 7.27. The molecule has 1 aromatic rings. The predicted octanol–water partition coefficient (Wildman–Crippen LogP) is 1.74. The molecule has 0 heterocycles. The topological polar surface area (TPSA) is 55.5 Å². The number of aliphatic hydroxyl groups excluding tert-OH is 1. The highest BCUT2D eigenvalue weighted by Gasteiger charge is 2.09. The van der Waals surface area contributed by atoms with Gasteiger partial charge in [0.1, 0.15) is 0 Å². The highest BCUT2D eigenvalue weighted by molar-refractivity contribution is 6.30. The molecule has 0 bridgehead atoms. The van der Waals surface area contributed by atoms with Crippen LogP contribution in [0.4, 0.5) is 0 Å². The van der Waals surface area contributed by atoms with Crippen molar-refractivity contribution in [3.63, 3.8) is 0 Å². The summed E-state index contributed by atoms with van der Waals surface area (Å²) in [6.45, 7) is 1.08. The maximum absolute atomic E-state index is 8.63. The van der Waals surface area contributed by atoms with Crippen LogP contribution >= 0.6 is 11.6 Å². The van der Waals surface area contributed by atoms with Gasteiger partial charge in [-0.3, -0.25) is 0 Å². The van der Waals surface area contributed by atoms with E-state index in [1.54, 1.807) is 0 Å². The largest absolute Gasteiger partial charge is 0.396 e. The van der Waals surface area contributed by atoms with Crippen molar-refractivity contribution in [2.75, 3.05) is 19.8 Å². The van der Waals surface area contributed by atoms with Crippen molar-refractivity contribution in [2.24, 2.45) is 5.73 Å². The summed E-state index contributed by atoms with van der Waals surface area (Å²) in [4.78, 5) is 0. The molecule has 0 aliphatic carbocycles. The minimum absolute atomic E-state index is 0.117. The summed E-state index contributed by atoms with van der Waals surface area (Å²) in [6, 6.07) is 7.43. The van der Waals surface area contributed by atoms with Crippen LogP contribution in [0.5, 0.6) is 0 Å². The van der Waals surface area contributed by atoms with E-state index in [9.17, 15) is 0 Å². The van der Waals surface area contributed by atoms with Gasteiger partial charge in [0.25, 0.3) is 0 Å². The number of nitrogens with two attached hydrogens (primary N) is 1. The van der Waals surface area contributed by atoms with E-state index in [0.29, 0.717) is 24.6 Å². The van der Waals surface area contributed by atoms with E-state index in [0.717, 1.165) is 5.56 Å². The number of aliphatic hydroxyl groups is 1. The lowest BCUT2D eigenvalue weighted by Crippen LogP contribution is -2.16. The Bertz CT molecular complexity index is 276. The first kappa shape index (κ1) is 12.5. The molecule has 0 aliphatic rings. The highest BCUT2D eigenvalue weighted by Crippen LogP contribution is 2.18. The molecule has 1 atom stereocenters. The second kappa shape index (κ2) is 6.80. The Kier molecular flexibility index (Phi) is 5.65. The van der Waals surface area contributed by atoms with Crippen molar-refractivity contribution in [1.29, 1.82) is 0 Å². The van der Waals surface area contributed by atoms with E-state index in [-0.39, 0.29) is 12.7 Å². The standard InChI is InChI=1S/C11H16ClNO2/c12-10-4-2-9(3-5-10)11(8-13)15-7-1-6-14/h2-5,11,14H,1,6-8,13H2. The van der Waals surface area contributed by atoms with Gasteiger partial charge in [-0.2, -0.15) is 0 Å². The van der Waals surface area contributed by atoms with Crippen LogP contribution in [0, 0.1) is 0 Å². The van der Waals surface area contributed by atoms with E-state index >= 15 is 0 Å². The summed E-state index contributed by atoms with van der Waals surface area (Å²) in [5.74, 6) is 0. The first-order valence-electron chi connectivity index (χ1n) is 4.96. The summed E-state index contributed by atoms with van der Waals surface area (Å²) < 4.78 is 5.53. The fraction of sp³-hybridized carbons (Fsp3) is 0.455. The number of halogens is 1. The van der Waals surface area contributed by atoms with Crippen LogP contribution in [0.15, 0.2) is 24.3 Å². The Morgan fingerprint density at radius 1 is 1.33 bits per heavy atom. The Labute approximate surface area is 94.8 Å². The SMILES string of the molecule is NCC(OCCCO)c1ccc(Cl)cc1. The Morgan fingerprint density at radius 3 is 2.53 bits per heavy atom. The molecule has 0 saturated carbocycles.